The molecule has 3 heterocycles. The molecule has 2 fully saturated rings. The number of aryl methyl sites for hydroxylation is 1. The zero-order chi connectivity index (χ0) is 13.8. The van der Waals surface area contributed by atoms with Gasteiger partial charge < -0.3 is 14.7 Å². The molecule has 0 bridgehead atoms. The lowest BCUT2D eigenvalue weighted by Crippen LogP contribution is -2.41. The van der Waals surface area contributed by atoms with Gasteiger partial charge in [-0.2, -0.15) is 4.98 Å². The summed E-state index contributed by atoms with van der Waals surface area (Å²) < 4.78 is 5.07. The van der Waals surface area contributed by atoms with Gasteiger partial charge in [-0.3, -0.25) is 0 Å². The zero-order valence-electron chi connectivity index (χ0n) is 12.5. The maximum absolute atomic E-state index is 5.07. The van der Waals surface area contributed by atoms with Crippen LogP contribution in [0, 0.1) is 18.8 Å². The molecule has 112 valence electrons. The first-order chi connectivity index (χ1) is 9.79. The molecule has 20 heavy (non-hydrogen) atoms. The zero-order valence-corrected chi connectivity index (χ0v) is 12.5. The van der Waals surface area contributed by atoms with Crippen molar-refractivity contribution in [1.29, 1.82) is 0 Å². The summed E-state index contributed by atoms with van der Waals surface area (Å²) in [6.07, 6.45) is 6.26. The Morgan fingerprint density at radius 1 is 1.25 bits per heavy atom. The molecule has 1 unspecified atom stereocenters. The molecule has 1 aromatic rings. The van der Waals surface area contributed by atoms with Crippen LogP contribution in [0.2, 0.25) is 0 Å². The molecule has 2 aliphatic rings. The van der Waals surface area contributed by atoms with Crippen molar-refractivity contribution in [2.45, 2.75) is 39.0 Å². The third kappa shape index (κ3) is 3.79. The van der Waals surface area contributed by atoms with Crippen LogP contribution in [-0.2, 0) is 6.42 Å². The minimum absolute atomic E-state index is 0.683. The quantitative estimate of drug-likeness (QED) is 0.907. The first-order valence-electron chi connectivity index (χ1n) is 8.02. The maximum atomic E-state index is 5.07. The molecule has 0 radical (unpaired) electrons. The molecule has 3 rings (SSSR count). The van der Waals surface area contributed by atoms with Crippen LogP contribution in [0.25, 0.3) is 0 Å². The SMILES string of the molecule is Cc1nc(CC2CCCN(CC3CCNCC3)C2)no1. The standard InChI is InChI=1S/C15H26N4O/c1-12-17-15(18-20-12)9-14-3-2-8-19(11-14)10-13-4-6-16-7-5-13/h13-14,16H,2-11H2,1H3. The molecule has 5 nitrogen and oxygen atoms in total. The minimum Gasteiger partial charge on any atom is -0.340 e. The number of aromatic nitrogens is 2. The van der Waals surface area contributed by atoms with Crippen LogP contribution in [0.5, 0.6) is 0 Å². The maximum Gasteiger partial charge on any atom is 0.223 e. The van der Waals surface area contributed by atoms with Crippen LogP contribution in [0.4, 0.5) is 0 Å². The third-order valence-electron chi connectivity index (χ3n) is 4.62. The number of nitrogens with one attached hydrogen (secondary N) is 1. The molecule has 5 heteroatoms. The van der Waals surface area contributed by atoms with E-state index in [0.717, 1.165) is 18.2 Å². The van der Waals surface area contributed by atoms with Gasteiger partial charge in [-0.1, -0.05) is 5.16 Å². The summed E-state index contributed by atoms with van der Waals surface area (Å²) in [5, 5.41) is 7.49. The van der Waals surface area contributed by atoms with Gasteiger partial charge in [0.25, 0.3) is 0 Å². The molecule has 0 amide bonds. The summed E-state index contributed by atoms with van der Waals surface area (Å²) in [7, 11) is 0. The van der Waals surface area contributed by atoms with Gasteiger partial charge in [0, 0.05) is 26.4 Å². The van der Waals surface area contributed by atoms with Gasteiger partial charge in [0.2, 0.25) is 5.89 Å². The van der Waals surface area contributed by atoms with E-state index in [1.807, 2.05) is 6.92 Å². The van der Waals surface area contributed by atoms with Crippen LogP contribution in [-0.4, -0.2) is 47.8 Å². The van der Waals surface area contributed by atoms with Crippen molar-refractivity contribution in [3.63, 3.8) is 0 Å². The average Bonchev–Trinajstić information content (AvgIpc) is 2.86. The number of likely N-dealkylation sites (tertiary alicyclic amines) is 1. The van der Waals surface area contributed by atoms with Gasteiger partial charge in [-0.05, 0) is 57.2 Å². The highest BCUT2D eigenvalue weighted by molar-refractivity contribution is 4.89. The fraction of sp³-hybridized carbons (Fsp3) is 0.867. The Balaban J connectivity index is 1.48. The van der Waals surface area contributed by atoms with Crippen LogP contribution in [0.15, 0.2) is 4.52 Å². The first-order valence-corrected chi connectivity index (χ1v) is 8.02. The summed E-state index contributed by atoms with van der Waals surface area (Å²) in [5.41, 5.74) is 0. The number of piperidine rings is 2. The van der Waals surface area contributed by atoms with Crippen molar-refractivity contribution in [2.75, 3.05) is 32.7 Å². The predicted molar refractivity (Wildman–Crippen MR) is 77.5 cm³/mol. The van der Waals surface area contributed by atoms with E-state index in [2.05, 4.69) is 20.4 Å². The van der Waals surface area contributed by atoms with Gasteiger partial charge in [-0.25, -0.2) is 0 Å². The lowest BCUT2D eigenvalue weighted by molar-refractivity contribution is 0.138. The summed E-state index contributed by atoms with van der Waals surface area (Å²) in [6, 6.07) is 0. The highest BCUT2D eigenvalue weighted by Gasteiger charge is 2.24. The molecule has 0 saturated carbocycles. The molecule has 0 spiro atoms. The summed E-state index contributed by atoms with van der Waals surface area (Å²) >= 11 is 0. The van der Waals surface area contributed by atoms with Crippen LogP contribution in [0.1, 0.15) is 37.4 Å². The molecular formula is C15H26N4O. The van der Waals surface area contributed by atoms with E-state index in [1.54, 1.807) is 0 Å². The van der Waals surface area contributed by atoms with Crippen LogP contribution < -0.4 is 5.32 Å². The summed E-state index contributed by atoms with van der Waals surface area (Å²) in [5.74, 6) is 3.16. The number of nitrogens with zero attached hydrogens (tertiary/aromatic N) is 3. The number of hydrogen-bond donors (Lipinski definition) is 1. The smallest absolute Gasteiger partial charge is 0.223 e. The fourth-order valence-electron chi connectivity index (χ4n) is 3.60. The van der Waals surface area contributed by atoms with Crippen LogP contribution >= 0.6 is 0 Å². The van der Waals surface area contributed by atoms with Gasteiger partial charge in [-0.15, -0.1) is 0 Å². The Kier molecular flexibility index (Phi) is 4.68. The normalized spacial score (nSPS) is 25.9. The highest BCUT2D eigenvalue weighted by atomic mass is 16.5. The second-order valence-corrected chi connectivity index (χ2v) is 6.39. The van der Waals surface area contributed by atoms with Crippen molar-refractivity contribution < 1.29 is 4.52 Å². The molecule has 1 aromatic heterocycles. The van der Waals surface area contributed by atoms with E-state index in [4.69, 9.17) is 4.52 Å². The number of hydrogen-bond acceptors (Lipinski definition) is 5. The molecule has 2 aliphatic heterocycles. The molecular weight excluding hydrogens is 252 g/mol. The average molecular weight is 278 g/mol. The van der Waals surface area contributed by atoms with Crippen molar-refractivity contribution in [1.82, 2.24) is 20.4 Å². The van der Waals surface area contributed by atoms with Gasteiger partial charge in [0.05, 0.1) is 0 Å². The van der Waals surface area contributed by atoms with E-state index in [1.165, 1.54) is 58.4 Å². The number of rotatable bonds is 4. The minimum atomic E-state index is 0.683. The molecule has 1 N–H and O–H groups in total. The lowest BCUT2D eigenvalue weighted by atomic mass is 9.92. The molecule has 0 aliphatic carbocycles. The Morgan fingerprint density at radius 2 is 2.10 bits per heavy atom. The molecule has 2 saturated heterocycles. The van der Waals surface area contributed by atoms with E-state index < -0.39 is 0 Å². The topological polar surface area (TPSA) is 54.2 Å². The van der Waals surface area contributed by atoms with Gasteiger partial charge in [0.15, 0.2) is 5.82 Å². The van der Waals surface area contributed by atoms with Gasteiger partial charge in [0.1, 0.15) is 0 Å². The lowest BCUT2D eigenvalue weighted by Gasteiger charge is -2.35. The summed E-state index contributed by atoms with van der Waals surface area (Å²) in [6.45, 7) is 8.02. The third-order valence-corrected chi connectivity index (χ3v) is 4.62. The van der Waals surface area contributed by atoms with E-state index in [-0.39, 0.29) is 0 Å². The van der Waals surface area contributed by atoms with E-state index in [9.17, 15) is 0 Å². The monoisotopic (exact) mass is 278 g/mol. The Bertz CT molecular complexity index is 414. The highest BCUT2D eigenvalue weighted by Crippen LogP contribution is 2.22. The van der Waals surface area contributed by atoms with Crippen LogP contribution in [0.3, 0.4) is 0 Å². The fourth-order valence-corrected chi connectivity index (χ4v) is 3.60. The van der Waals surface area contributed by atoms with Crippen molar-refractivity contribution >= 4 is 0 Å². The second-order valence-electron chi connectivity index (χ2n) is 6.39. The van der Waals surface area contributed by atoms with Crippen molar-refractivity contribution in [3.05, 3.63) is 11.7 Å². The second kappa shape index (κ2) is 6.68. The predicted octanol–water partition coefficient (Wildman–Crippen LogP) is 1.63. The van der Waals surface area contributed by atoms with Crippen molar-refractivity contribution in [3.8, 4) is 0 Å². The molecule has 1 atom stereocenters. The Hall–Kier alpha value is -0.940. The Morgan fingerprint density at radius 3 is 2.85 bits per heavy atom. The largest absolute Gasteiger partial charge is 0.340 e. The summed E-state index contributed by atoms with van der Waals surface area (Å²) in [4.78, 5) is 7.00. The van der Waals surface area contributed by atoms with Gasteiger partial charge >= 0.3 is 0 Å². The van der Waals surface area contributed by atoms with Crippen molar-refractivity contribution in [2.24, 2.45) is 11.8 Å². The molecule has 0 aromatic carbocycles. The van der Waals surface area contributed by atoms with E-state index >= 15 is 0 Å². The first kappa shape index (κ1) is 14.0. The Labute approximate surface area is 121 Å². The van der Waals surface area contributed by atoms with E-state index in [0.29, 0.717) is 11.8 Å².